The molecule has 1 aromatic heterocycles. The molecule has 2 heterocycles. The quantitative estimate of drug-likeness (QED) is 0.529. The molecule has 0 fully saturated rings. The molecule has 156 valence electrons. The van der Waals surface area contributed by atoms with Gasteiger partial charge >= 0.3 is 0 Å². The SMILES string of the molecule is O=C(COc1cc(Cl)ccc1Cl)Nc1ccc(Cl)c(-c2nnc3n2CCCCC3)c1. The molecule has 1 amide bonds. The second kappa shape index (κ2) is 9.25. The molecule has 0 unspecified atom stereocenters. The maximum absolute atomic E-state index is 12.4. The van der Waals surface area contributed by atoms with E-state index >= 15 is 0 Å². The number of hydrogen-bond donors (Lipinski definition) is 1. The zero-order chi connectivity index (χ0) is 21.1. The van der Waals surface area contributed by atoms with Crippen molar-refractivity contribution in [1.29, 1.82) is 0 Å². The van der Waals surface area contributed by atoms with Crippen LogP contribution in [0.15, 0.2) is 36.4 Å². The number of nitrogens with zero attached hydrogens (tertiary/aromatic N) is 3. The summed E-state index contributed by atoms with van der Waals surface area (Å²) in [5, 5.41) is 12.9. The monoisotopic (exact) mass is 464 g/mol. The summed E-state index contributed by atoms with van der Waals surface area (Å²) in [6, 6.07) is 10.1. The molecule has 1 aliphatic heterocycles. The number of nitrogens with one attached hydrogen (secondary N) is 1. The minimum Gasteiger partial charge on any atom is -0.482 e. The van der Waals surface area contributed by atoms with E-state index in [-0.39, 0.29) is 12.5 Å². The van der Waals surface area contributed by atoms with E-state index in [0.29, 0.717) is 26.5 Å². The van der Waals surface area contributed by atoms with Crippen LogP contribution in [-0.4, -0.2) is 27.3 Å². The molecule has 6 nitrogen and oxygen atoms in total. The van der Waals surface area contributed by atoms with Crippen molar-refractivity contribution >= 4 is 46.4 Å². The maximum atomic E-state index is 12.4. The molecule has 3 aromatic rings. The lowest BCUT2D eigenvalue weighted by Crippen LogP contribution is -2.20. The third-order valence-corrected chi connectivity index (χ3v) is 5.73. The summed E-state index contributed by atoms with van der Waals surface area (Å²) in [5.41, 5.74) is 1.32. The van der Waals surface area contributed by atoms with Gasteiger partial charge < -0.3 is 14.6 Å². The summed E-state index contributed by atoms with van der Waals surface area (Å²) in [6.07, 6.45) is 4.27. The molecule has 9 heteroatoms. The molecule has 0 bridgehead atoms. The van der Waals surface area contributed by atoms with Crippen molar-refractivity contribution in [2.75, 3.05) is 11.9 Å². The highest BCUT2D eigenvalue weighted by molar-refractivity contribution is 6.34. The van der Waals surface area contributed by atoms with E-state index in [1.165, 1.54) is 6.42 Å². The second-order valence-electron chi connectivity index (χ2n) is 7.01. The topological polar surface area (TPSA) is 69.0 Å². The van der Waals surface area contributed by atoms with Gasteiger partial charge in [0.05, 0.1) is 10.0 Å². The first-order valence-corrected chi connectivity index (χ1v) is 10.7. The molecular weight excluding hydrogens is 447 g/mol. The van der Waals surface area contributed by atoms with Gasteiger partial charge in [-0.3, -0.25) is 4.79 Å². The standard InChI is InChI=1S/C21H19Cl3N4O2/c22-13-5-7-17(24)18(10-13)30-12-20(29)25-14-6-8-16(23)15(11-14)21-27-26-19-4-2-1-3-9-28(19)21/h5-8,10-11H,1-4,9,12H2,(H,25,29). The predicted octanol–water partition coefficient (Wildman–Crippen LogP) is 5.65. The number of aryl methyl sites for hydroxylation is 1. The molecular formula is C21H19Cl3N4O2. The highest BCUT2D eigenvalue weighted by Gasteiger charge is 2.18. The number of fused-ring (bicyclic) bond motifs is 1. The predicted molar refractivity (Wildman–Crippen MR) is 119 cm³/mol. The molecule has 0 atom stereocenters. The van der Waals surface area contributed by atoms with Crippen molar-refractivity contribution in [1.82, 2.24) is 14.8 Å². The van der Waals surface area contributed by atoms with Crippen LogP contribution in [0.3, 0.4) is 0 Å². The number of rotatable bonds is 5. The maximum Gasteiger partial charge on any atom is 0.262 e. The van der Waals surface area contributed by atoms with Gasteiger partial charge in [-0.1, -0.05) is 41.2 Å². The first kappa shape index (κ1) is 21.0. The number of anilines is 1. The fraction of sp³-hybridized carbons (Fsp3) is 0.286. The van der Waals surface area contributed by atoms with Gasteiger partial charge in [0.1, 0.15) is 11.6 Å². The lowest BCUT2D eigenvalue weighted by molar-refractivity contribution is -0.118. The van der Waals surface area contributed by atoms with Crippen molar-refractivity contribution < 1.29 is 9.53 Å². The van der Waals surface area contributed by atoms with Gasteiger partial charge in [-0.25, -0.2) is 0 Å². The van der Waals surface area contributed by atoms with Gasteiger partial charge in [0.15, 0.2) is 12.4 Å². The van der Waals surface area contributed by atoms with E-state index < -0.39 is 0 Å². The minimum atomic E-state index is -0.334. The largest absolute Gasteiger partial charge is 0.482 e. The van der Waals surface area contributed by atoms with Crippen molar-refractivity contribution in [2.45, 2.75) is 32.2 Å². The fourth-order valence-electron chi connectivity index (χ4n) is 3.39. The molecule has 0 radical (unpaired) electrons. The third kappa shape index (κ3) is 4.72. The number of halogens is 3. The number of carbonyl (C=O) groups excluding carboxylic acids is 1. The average Bonchev–Trinajstić information content (AvgIpc) is 2.97. The third-order valence-electron chi connectivity index (χ3n) is 4.85. The normalized spacial score (nSPS) is 13.4. The van der Waals surface area contributed by atoms with Crippen molar-refractivity contribution in [3.05, 3.63) is 57.3 Å². The van der Waals surface area contributed by atoms with Gasteiger partial charge in [-0.2, -0.15) is 0 Å². The Morgan fingerprint density at radius 2 is 1.87 bits per heavy atom. The number of carbonyl (C=O) groups is 1. The molecule has 1 N–H and O–H groups in total. The molecule has 2 aromatic carbocycles. The van der Waals surface area contributed by atoms with Crippen LogP contribution in [0.4, 0.5) is 5.69 Å². The van der Waals surface area contributed by atoms with Crippen LogP contribution in [0.2, 0.25) is 15.1 Å². The number of aromatic nitrogens is 3. The minimum absolute atomic E-state index is 0.210. The molecule has 0 spiro atoms. The number of hydrogen-bond acceptors (Lipinski definition) is 4. The summed E-state index contributed by atoms with van der Waals surface area (Å²) in [7, 11) is 0. The van der Waals surface area contributed by atoms with Gasteiger partial charge in [-0.15, -0.1) is 10.2 Å². The molecule has 30 heavy (non-hydrogen) atoms. The molecule has 1 aliphatic rings. The van der Waals surface area contributed by atoms with Crippen LogP contribution in [0.25, 0.3) is 11.4 Å². The fourth-order valence-corrected chi connectivity index (χ4v) is 3.92. The van der Waals surface area contributed by atoms with Crippen LogP contribution in [-0.2, 0) is 17.8 Å². The Labute approximate surface area is 189 Å². The Balaban J connectivity index is 1.49. The Morgan fingerprint density at radius 3 is 2.73 bits per heavy atom. The molecule has 0 saturated heterocycles. The summed E-state index contributed by atoms with van der Waals surface area (Å²) in [4.78, 5) is 12.4. The van der Waals surface area contributed by atoms with Gasteiger partial charge in [0, 0.05) is 35.3 Å². The summed E-state index contributed by atoms with van der Waals surface area (Å²) in [6.45, 7) is 0.650. The number of amides is 1. The van der Waals surface area contributed by atoms with E-state index in [9.17, 15) is 4.79 Å². The lowest BCUT2D eigenvalue weighted by atomic mass is 10.1. The number of ether oxygens (including phenoxy) is 1. The summed E-state index contributed by atoms with van der Waals surface area (Å²) in [5.74, 6) is 1.71. The van der Waals surface area contributed by atoms with E-state index in [1.807, 2.05) is 0 Å². The zero-order valence-corrected chi connectivity index (χ0v) is 18.3. The summed E-state index contributed by atoms with van der Waals surface area (Å²) >= 11 is 18.4. The van der Waals surface area contributed by atoms with Gasteiger partial charge in [-0.05, 0) is 43.2 Å². The number of benzene rings is 2. The average molecular weight is 466 g/mol. The van der Waals surface area contributed by atoms with Crippen LogP contribution < -0.4 is 10.1 Å². The second-order valence-corrected chi connectivity index (χ2v) is 8.26. The van der Waals surface area contributed by atoms with E-state index in [4.69, 9.17) is 39.5 Å². The lowest BCUT2D eigenvalue weighted by Gasteiger charge is -2.12. The van der Waals surface area contributed by atoms with E-state index in [0.717, 1.165) is 43.0 Å². The van der Waals surface area contributed by atoms with Crippen molar-refractivity contribution in [2.24, 2.45) is 0 Å². The van der Waals surface area contributed by atoms with Crippen LogP contribution in [0.1, 0.15) is 25.1 Å². The highest BCUT2D eigenvalue weighted by atomic mass is 35.5. The van der Waals surface area contributed by atoms with Crippen molar-refractivity contribution in [3.63, 3.8) is 0 Å². The zero-order valence-electron chi connectivity index (χ0n) is 16.0. The first-order valence-electron chi connectivity index (χ1n) is 9.61. The van der Waals surface area contributed by atoms with Gasteiger partial charge in [0.25, 0.3) is 5.91 Å². The smallest absolute Gasteiger partial charge is 0.262 e. The van der Waals surface area contributed by atoms with Gasteiger partial charge in [0.2, 0.25) is 0 Å². The Kier molecular flexibility index (Phi) is 6.46. The Bertz CT molecular complexity index is 1080. The molecule has 4 rings (SSSR count). The van der Waals surface area contributed by atoms with E-state index in [1.54, 1.807) is 36.4 Å². The first-order chi connectivity index (χ1) is 14.5. The Morgan fingerprint density at radius 1 is 1.03 bits per heavy atom. The Hall–Kier alpha value is -2.28. The van der Waals surface area contributed by atoms with Crippen LogP contribution >= 0.6 is 34.8 Å². The van der Waals surface area contributed by atoms with Crippen molar-refractivity contribution in [3.8, 4) is 17.1 Å². The van der Waals surface area contributed by atoms with Crippen LogP contribution in [0, 0.1) is 0 Å². The van der Waals surface area contributed by atoms with Crippen LogP contribution in [0.5, 0.6) is 5.75 Å². The molecule has 0 aliphatic carbocycles. The van der Waals surface area contributed by atoms with E-state index in [2.05, 4.69) is 20.1 Å². The highest BCUT2D eigenvalue weighted by Crippen LogP contribution is 2.31. The summed E-state index contributed by atoms with van der Waals surface area (Å²) < 4.78 is 7.60. The molecule has 0 saturated carbocycles.